The van der Waals surface area contributed by atoms with Crippen LogP contribution in [0.4, 0.5) is 0 Å². The maximum Gasteiger partial charge on any atom is 0.118 e. The van der Waals surface area contributed by atoms with Gasteiger partial charge in [0.2, 0.25) is 0 Å². The van der Waals surface area contributed by atoms with Crippen LogP contribution in [0, 0.1) is 12.8 Å². The van der Waals surface area contributed by atoms with Gasteiger partial charge in [-0.25, -0.2) is 0 Å². The third-order valence-corrected chi connectivity index (χ3v) is 5.99. The minimum absolute atomic E-state index is 0.760. The van der Waals surface area contributed by atoms with Crippen molar-refractivity contribution in [3.8, 4) is 5.75 Å². The van der Waals surface area contributed by atoms with Crippen LogP contribution in [0.15, 0.2) is 30.5 Å². The smallest absolute Gasteiger partial charge is 0.118 e. The van der Waals surface area contributed by atoms with Gasteiger partial charge in [0.25, 0.3) is 0 Å². The highest BCUT2D eigenvalue weighted by atomic mass is 16.5. The lowest BCUT2D eigenvalue weighted by atomic mass is 9.97. The molecule has 3 rings (SSSR count). The summed E-state index contributed by atoms with van der Waals surface area (Å²) in [5.74, 6) is 1.70. The topological polar surface area (TPSA) is 33.5 Å². The van der Waals surface area contributed by atoms with Crippen molar-refractivity contribution >= 4 is 0 Å². The Morgan fingerprint density at radius 3 is 2.71 bits per heavy atom. The molecule has 0 unspecified atom stereocenters. The van der Waals surface area contributed by atoms with Gasteiger partial charge in [0.05, 0.1) is 13.3 Å². The highest BCUT2D eigenvalue weighted by molar-refractivity contribution is 5.27. The van der Waals surface area contributed by atoms with E-state index in [-0.39, 0.29) is 0 Å². The largest absolute Gasteiger partial charge is 0.497 e. The molecule has 1 aliphatic rings. The fourth-order valence-corrected chi connectivity index (χ4v) is 4.34. The molecule has 154 valence electrons. The third-order valence-electron chi connectivity index (χ3n) is 5.99. The summed E-state index contributed by atoms with van der Waals surface area (Å²) in [5.41, 5.74) is 4.05. The second kappa shape index (κ2) is 10.1. The zero-order chi connectivity index (χ0) is 19.9. The Bertz CT molecular complexity index is 725. The number of likely N-dealkylation sites (tertiary alicyclic amines) is 1. The molecule has 1 aromatic heterocycles. The van der Waals surface area contributed by atoms with Crippen molar-refractivity contribution in [1.82, 2.24) is 19.6 Å². The lowest BCUT2D eigenvalue weighted by Crippen LogP contribution is -2.40. The molecule has 2 aromatic rings. The zero-order valence-corrected chi connectivity index (χ0v) is 18.0. The van der Waals surface area contributed by atoms with Crippen LogP contribution < -0.4 is 4.74 Å². The molecular weight excluding hydrogens is 348 g/mol. The average molecular weight is 385 g/mol. The van der Waals surface area contributed by atoms with Gasteiger partial charge in [0, 0.05) is 44.0 Å². The molecule has 1 saturated heterocycles. The van der Waals surface area contributed by atoms with E-state index in [1.54, 1.807) is 7.11 Å². The number of aryl methyl sites for hydroxylation is 1. The minimum Gasteiger partial charge on any atom is -0.497 e. The van der Waals surface area contributed by atoms with Crippen molar-refractivity contribution in [2.24, 2.45) is 5.92 Å². The van der Waals surface area contributed by atoms with Gasteiger partial charge in [0.1, 0.15) is 5.75 Å². The van der Waals surface area contributed by atoms with Crippen molar-refractivity contribution in [3.05, 3.63) is 47.3 Å². The molecule has 0 amide bonds. The molecule has 5 heteroatoms. The highest BCUT2D eigenvalue weighted by Gasteiger charge is 2.21. The summed E-state index contributed by atoms with van der Waals surface area (Å²) in [6.45, 7) is 11.0. The maximum absolute atomic E-state index is 5.25. The first-order chi connectivity index (χ1) is 13.6. The van der Waals surface area contributed by atoms with E-state index in [0.717, 1.165) is 44.3 Å². The van der Waals surface area contributed by atoms with E-state index in [1.807, 2.05) is 6.20 Å². The van der Waals surface area contributed by atoms with Gasteiger partial charge in [0.15, 0.2) is 0 Å². The van der Waals surface area contributed by atoms with Crippen molar-refractivity contribution in [3.63, 3.8) is 0 Å². The Hall–Kier alpha value is -1.85. The lowest BCUT2D eigenvalue weighted by Gasteiger charge is -2.34. The summed E-state index contributed by atoms with van der Waals surface area (Å²) in [7, 11) is 3.97. The summed E-state index contributed by atoms with van der Waals surface area (Å²) in [4.78, 5) is 5.12. The van der Waals surface area contributed by atoms with Gasteiger partial charge in [-0.05, 0) is 70.3 Å². The van der Waals surface area contributed by atoms with Gasteiger partial charge in [-0.1, -0.05) is 12.1 Å². The van der Waals surface area contributed by atoms with Crippen LogP contribution in [0.5, 0.6) is 5.75 Å². The van der Waals surface area contributed by atoms with Crippen LogP contribution in [-0.2, 0) is 19.5 Å². The van der Waals surface area contributed by atoms with Gasteiger partial charge >= 0.3 is 0 Å². The number of aromatic nitrogens is 2. The molecule has 0 saturated carbocycles. The molecule has 28 heavy (non-hydrogen) atoms. The van der Waals surface area contributed by atoms with E-state index in [2.05, 4.69) is 64.7 Å². The van der Waals surface area contributed by atoms with E-state index in [9.17, 15) is 0 Å². The average Bonchev–Trinajstić information content (AvgIpc) is 3.06. The molecule has 0 aliphatic carbocycles. The summed E-state index contributed by atoms with van der Waals surface area (Å²) in [6, 6.07) is 8.50. The van der Waals surface area contributed by atoms with Crippen LogP contribution in [0.1, 0.15) is 36.6 Å². The molecule has 0 spiro atoms. The predicted octanol–water partition coefficient (Wildman–Crippen LogP) is 3.61. The molecule has 5 nitrogen and oxygen atoms in total. The van der Waals surface area contributed by atoms with Crippen LogP contribution in [0.2, 0.25) is 0 Å². The van der Waals surface area contributed by atoms with E-state index in [4.69, 9.17) is 4.74 Å². The van der Waals surface area contributed by atoms with Crippen molar-refractivity contribution in [1.29, 1.82) is 0 Å². The van der Waals surface area contributed by atoms with Crippen LogP contribution in [-0.4, -0.2) is 59.9 Å². The number of methoxy groups -OCH3 is 1. The summed E-state index contributed by atoms with van der Waals surface area (Å²) < 4.78 is 7.34. The van der Waals surface area contributed by atoms with Crippen LogP contribution >= 0.6 is 0 Å². The molecule has 1 aliphatic heterocycles. The fraction of sp³-hybridized carbons (Fsp3) is 0.609. The van der Waals surface area contributed by atoms with Crippen molar-refractivity contribution < 1.29 is 4.74 Å². The molecule has 2 heterocycles. The first-order valence-electron chi connectivity index (χ1n) is 10.6. The standard InChI is InChI=1S/C23H36N4O/c1-5-27-19(2)22(15-24-27)18-25(3)16-21-7-6-13-26(17-21)14-12-20-8-10-23(28-4)11-9-20/h8-11,15,21H,5-7,12-14,16-18H2,1-4H3/t21-/m1/s1. The minimum atomic E-state index is 0.760. The number of benzene rings is 1. The molecular formula is C23H36N4O. The Morgan fingerprint density at radius 2 is 2.04 bits per heavy atom. The quantitative estimate of drug-likeness (QED) is 0.661. The van der Waals surface area contributed by atoms with Crippen LogP contribution in [0.25, 0.3) is 0 Å². The molecule has 1 atom stereocenters. The molecule has 1 aromatic carbocycles. The number of ether oxygens (including phenoxy) is 1. The van der Waals surface area contributed by atoms with Gasteiger partial charge in [-0.3, -0.25) is 4.68 Å². The zero-order valence-electron chi connectivity index (χ0n) is 18.0. The summed E-state index contributed by atoms with van der Waals surface area (Å²) >= 11 is 0. The fourth-order valence-electron chi connectivity index (χ4n) is 4.34. The van der Waals surface area contributed by atoms with E-state index in [0.29, 0.717) is 0 Å². The number of rotatable bonds is 9. The van der Waals surface area contributed by atoms with Gasteiger partial charge < -0.3 is 14.5 Å². The second-order valence-corrected chi connectivity index (χ2v) is 8.17. The first kappa shape index (κ1) is 20.9. The number of hydrogen-bond acceptors (Lipinski definition) is 4. The Labute approximate surface area is 170 Å². The second-order valence-electron chi connectivity index (χ2n) is 8.17. The summed E-state index contributed by atoms with van der Waals surface area (Å²) in [6.07, 6.45) is 5.81. The highest BCUT2D eigenvalue weighted by Crippen LogP contribution is 2.20. The lowest BCUT2D eigenvalue weighted by molar-refractivity contribution is 0.142. The third kappa shape index (κ3) is 5.58. The molecule has 1 fully saturated rings. The number of hydrogen-bond donors (Lipinski definition) is 0. The van der Waals surface area contributed by atoms with Crippen molar-refractivity contribution in [2.45, 2.75) is 46.2 Å². The van der Waals surface area contributed by atoms with Crippen molar-refractivity contribution in [2.75, 3.05) is 40.3 Å². The molecule has 0 radical (unpaired) electrons. The maximum atomic E-state index is 5.25. The first-order valence-corrected chi connectivity index (χ1v) is 10.6. The number of nitrogens with zero attached hydrogens (tertiary/aromatic N) is 4. The Kier molecular flexibility index (Phi) is 7.51. The molecule has 0 N–H and O–H groups in total. The monoisotopic (exact) mass is 384 g/mol. The van der Waals surface area contributed by atoms with E-state index in [1.165, 1.54) is 42.8 Å². The van der Waals surface area contributed by atoms with E-state index >= 15 is 0 Å². The van der Waals surface area contributed by atoms with Crippen LogP contribution in [0.3, 0.4) is 0 Å². The molecule has 0 bridgehead atoms. The van der Waals surface area contributed by atoms with Gasteiger partial charge in [-0.2, -0.15) is 5.10 Å². The number of piperidine rings is 1. The van der Waals surface area contributed by atoms with E-state index < -0.39 is 0 Å². The SMILES string of the molecule is CCn1ncc(CN(C)C[C@H]2CCCN(CCc3ccc(OC)cc3)C2)c1C. The summed E-state index contributed by atoms with van der Waals surface area (Å²) in [5, 5.41) is 4.48. The predicted molar refractivity (Wildman–Crippen MR) is 115 cm³/mol. The Balaban J connectivity index is 1.45. The Morgan fingerprint density at radius 1 is 1.25 bits per heavy atom. The normalized spacial score (nSPS) is 18.0. The van der Waals surface area contributed by atoms with Gasteiger partial charge in [-0.15, -0.1) is 0 Å².